The van der Waals surface area contributed by atoms with Gasteiger partial charge in [-0.25, -0.2) is 0 Å². The average Bonchev–Trinajstić information content (AvgIpc) is 1.65. The molecular formula is C8H18Si. The van der Waals surface area contributed by atoms with Crippen LogP contribution >= 0.6 is 0 Å². The zero-order valence-electron chi connectivity index (χ0n) is 7.07. The van der Waals surface area contributed by atoms with Crippen LogP contribution in [0, 0.1) is 0 Å². The van der Waals surface area contributed by atoms with Gasteiger partial charge in [-0.2, -0.15) is 0 Å². The maximum Gasteiger partial charge on any atom is 0.0536 e. The van der Waals surface area contributed by atoms with Gasteiger partial charge in [0.25, 0.3) is 0 Å². The fraction of sp³-hybridized carbons (Fsp3) is 0.750. The molecule has 0 N–H and O–H groups in total. The van der Waals surface area contributed by atoms with E-state index in [0.717, 1.165) is 5.54 Å². The molecule has 0 radical (unpaired) electrons. The molecule has 0 spiro atoms. The Bertz CT molecular complexity index is 92.7. The SMILES string of the molecule is C=CC[Si](C)(C)C(C)C. The van der Waals surface area contributed by atoms with Crippen molar-refractivity contribution in [2.75, 3.05) is 0 Å². The summed E-state index contributed by atoms with van der Waals surface area (Å²) in [4.78, 5) is 0. The molecule has 0 aliphatic rings. The second-order valence-electron chi connectivity index (χ2n) is 3.64. The Kier molecular flexibility index (Phi) is 3.19. The molecule has 0 aliphatic heterocycles. The molecule has 0 unspecified atom stereocenters. The molecule has 0 fully saturated rings. The van der Waals surface area contributed by atoms with Crippen molar-refractivity contribution in [3.8, 4) is 0 Å². The molecule has 0 bridgehead atoms. The van der Waals surface area contributed by atoms with Gasteiger partial charge in [-0.3, -0.25) is 0 Å². The molecule has 0 aromatic carbocycles. The first-order valence-corrected chi connectivity index (χ1v) is 6.90. The summed E-state index contributed by atoms with van der Waals surface area (Å²) in [6.07, 6.45) is 2.06. The molecule has 0 saturated carbocycles. The Morgan fingerprint density at radius 2 is 1.89 bits per heavy atom. The van der Waals surface area contributed by atoms with Gasteiger partial charge in [-0.05, 0) is 6.04 Å². The van der Waals surface area contributed by atoms with E-state index in [1.807, 2.05) is 0 Å². The maximum absolute atomic E-state index is 3.76. The number of hydrogen-bond donors (Lipinski definition) is 0. The van der Waals surface area contributed by atoms with Crippen molar-refractivity contribution in [2.24, 2.45) is 0 Å². The second kappa shape index (κ2) is 3.21. The number of rotatable bonds is 3. The standard InChI is InChI=1S/C8H18Si/c1-6-7-9(4,5)8(2)3/h6,8H,1,7H2,2-5H3. The van der Waals surface area contributed by atoms with Crippen LogP contribution in [0.1, 0.15) is 13.8 Å². The topological polar surface area (TPSA) is 0 Å². The van der Waals surface area contributed by atoms with Crippen molar-refractivity contribution in [3.63, 3.8) is 0 Å². The first-order chi connectivity index (χ1) is 4.00. The molecule has 9 heavy (non-hydrogen) atoms. The van der Waals surface area contributed by atoms with Crippen LogP contribution in [0.25, 0.3) is 0 Å². The summed E-state index contributed by atoms with van der Waals surface area (Å²) in [5.41, 5.74) is 0.885. The predicted molar refractivity (Wildman–Crippen MR) is 47.6 cm³/mol. The maximum atomic E-state index is 3.76. The van der Waals surface area contributed by atoms with Crippen LogP contribution < -0.4 is 0 Å². The number of hydrogen-bond acceptors (Lipinski definition) is 0. The predicted octanol–water partition coefficient (Wildman–Crippen LogP) is 3.29. The summed E-state index contributed by atoms with van der Waals surface area (Å²) >= 11 is 0. The molecule has 0 atom stereocenters. The molecule has 0 nitrogen and oxygen atoms in total. The molecule has 1 heteroatoms. The Hall–Kier alpha value is -0.0431. The lowest BCUT2D eigenvalue weighted by molar-refractivity contribution is 1.00. The Labute approximate surface area is 60.0 Å². The monoisotopic (exact) mass is 142 g/mol. The van der Waals surface area contributed by atoms with Gasteiger partial charge in [-0.15, -0.1) is 6.58 Å². The van der Waals surface area contributed by atoms with Crippen LogP contribution in [0.4, 0.5) is 0 Å². The summed E-state index contributed by atoms with van der Waals surface area (Å²) in [6, 6.07) is 1.25. The third kappa shape index (κ3) is 2.85. The van der Waals surface area contributed by atoms with E-state index in [0.29, 0.717) is 0 Å². The van der Waals surface area contributed by atoms with E-state index in [2.05, 4.69) is 39.6 Å². The van der Waals surface area contributed by atoms with Crippen LogP contribution in [0.3, 0.4) is 0 Å². The van der Waals surface area contributed by atoms with Crippen molar-refractivity contribution in [3.05, 3.63) is 12.7 Å². The fourth-order valence-electron chi connectivity index (χ4n) is 0.608. The zero-order chi connectivity index (χ0) is 7.49. The highest BCUT2D eigenvalue weighted by Crippen LogP contribution is 2.24. The van der Waals surface area contributed by atoms with Gasteiger partial charge in [0.1, 0.15) is 0 Å². The first-order valence-electron chi connectivity index (χ1n) is 3.61. The second-order valence-corrected chi connectivity index (χ2v) is 9.18. The normalized spacial score (nSPS) is 12.1. The van der Waals surface area contributed by atoms with Crippen LogP contribution in [-0.4, -0.2) is 8.07 Å². The van der Waals surface area contributed by atoms with Crippen LogP contribution in [-0.2, 0) is 0 Å². The van der Waals surface area contributed by atoms with Gasteiger partial charge in [0.05, 0.1) is 8.07 Å². The smallest absolute Gasteiger partial charge is 0.0536 e. The van der Waals surface area contributed by atoms with Gasteiger partial charge in [-0.1, -0.05) is 38.6 Å². The lowest BCUT2D eigenvalue weighted by atomic mass is 10.6. The molecule has 0 rings (SSSR count). The molecule has 0 saturated heterocycles. The molecule has 0 aromatic rings. The third-order valence-electron chi connectivity index (χ3n) is 2.23. The quantitative estimate of drug-likeness (QED) is 0.419. The van der Waals surface area contributed by atoms with E-state index in [-0.39, 0.29) is 0 Å². The summed E-state index contributed by atoms with van der Waals surface area (Å²) in [6.45, 7) is 13.2. The molecule has 54 valence electrons. The molecular weight excluding hydrogens is 124 g/mol. The summed E-state index contributed by atoms with van der Waals surface area (Å²) in [5, 5.41) is 0. The van der Waals surface area contributed by atoms with Crippen molar-refractivity contribution >= 4 is 8.07 Å². The lowest BCUT2D eigenvalue weighted by Gasteiger charge is -2.24. The van der Waals surface area contributed by atoms with E-state index < -0.39 is 8.07 Å². The van der Waals surface area contributed by atoms with Crippen LogP contribution in [0.15, 0.2) is 12.7 Å². The van der Waals surface area contributed by atoms with E-state index in [4.69, 9.17) is 0 Å². The molecule has 0 aliphatic carbocycles. The summed E-state index contributed by atoms with van der Waals surface area (Å²) in [5.74, 6) is 0. The minimum atomic E-state index is -0.899. The highest BCUT2D eigenvalue weighted by molar-refractivity contribution is 6.79. The highest BCUT2D eigenvalue weighted by atomic mass is 28.3. The van der Waals surface area contributed by atoms with Crippen LogP contribution in [0.2, 0.25) is 24.7 Å². The molecule has 0 aromatic heterocycles. The first kappa shape index (κ1) is 8.96. The number of allylic oxidation sites excluding steroid dienone is 1. The van der Waals surface area contributed by atoms with Gasteiger partial charge < -0.3 is 0 Å². The van der Waals surface area contributed by atoms with E-state index in [1.165, 1.54) is 6.04 Å². The van der Waals surface area contributed by atoms with E-state index in [1.54, 1.807) is 0 Å². The van der Waals surface area contributed by atoms with Crippen molar-refractivity contribution in [1.29, 1.82) is 0 Å². The van der Waals surface area contributed by atoms with Crippen LogP contribution in [0.5, 0.6) is 0 Å². The average molecular weight is 142 g/mol. The van der Waals surface area contributed by atoms with Gasteiger partial charge >= 0.3 is 0 Å². The van der Waals surface area contributed by atoms with E-state index in [9.17, 15) is 0 Å². The molecule has 0 amide bonds. The lowest BCUT2D eigenvalue weighted by Crippen LogP contribution is -2.27. The summed E-state index contributed by atoms with van der Waals surface area (Å²) in [7, 11) is -0.899. The minimum Gasteiger partial charge on any atom is -0.103 e. The third-order valence-corrected chi connectivity index (χ3v) is 6.70. The fourth-order valence-corrected chi connectivity index (χ4v) is 1.82. The van der Waals surface area contributed by atoms with Gasteiger partial charge in [0, 0.05) is 0 Å². The van der Waals surface area contributed by atoms with Crippen molar-refractivity contribution in [2.45, 2.75) is 38.5 Å². The van der Waals surface area contributed by atoms with Crippen molar-refractivity contribution in [1.82, 2.24) is 0 Å². The zero-order valence-corrected chi connectivity index (χ0v) is 8.07. The molecule has 0 heterocycles. The largest absolute Gasteiger partial charge is 0.103 e. The Morgan fingerprint density at radius 3 is 2.00 bits per heavy atom. The van der Waals surface area contributed by atoms with Crippen molar-refractivity contribution < 1.29 is 0 Å². The van der Waals surface area contributed by atoms with E-state index >= 15 is 0 Å². The highest BCUT2D eigenvalue weighted by Gasteiger charge is 2.22. The minimum absolute atomic E-state index is 0.885. The Morgan fingerprint density at radius 1 is 1.44 bits per heavy atom. The summed E-state index contributed by atoms with van der Waals surface area (Å²) < 4.78 is 0. The van der Waals surface area contributed by atoms with Gasteiger partial charge in [0.2, 0.25) is 0 Å². The Balaban J connectivity index is 3.84. The van der Waals surface area contributed by atoms with Gasteiger partial charge in [0.15, 0.2) is 0 Å².